The first-order chi connectivity index (χ1) is 14.0. The Labute approximate surface area is 184 Å². The molecule has 0 aliphatic heterocycles. The van der Waals surface area contributed by atoms with E-state index in [-0.39, 0.29) is 19.1 Å². The fourth-order valence-electron chi connectivity index (χ4n) is 4.00. The number of hydrogen-bond donors (Lipinski definition) is 2. The van der Waals surface area contributed by atoms with Crippen LogP contribution >= 0.6 is 0 Å². The van der Waals surface area contributed by atoms with Gasteiger partial charge in [-0.3, -0.25) is 4.79 Å². The molecule has 0 aliphatic carbocycles. The van der Waals surface area contributed by atoms with Gasteiger partial charge in [0, 0.05) is 18.8 Å². The molecule has 0 aromatic carbocycles. The molecule has 0 saturated heterocycles. The van der Waals surface area contributed by atoms with Crippen LogP contribution in [0.5, 0.6) is 0 Å². The summed E-state index contributed by atoms with van der Waals surface area (Å²) < 4.78 is 0.306. The summed E-state index contributed by atoms with van der Waals surface area (Å²) in [5, 5.41) is 31.6. The highest BCUT2D eigenvalue weighted by atomic mass is 16.4. The van der Waals surface area contributed by atoms with Gasteiger partial charge in [-0.15, -0.1) is 0 Å². The van der Waals surface area contributed by atoms with E-state index in [9.17, 15) is 24.9 Å². The number of aliphatic hydroxyl groups excluding tert-OH is 1. The Hall–Kier alpha value is -0.980. The van der Waals surface area contributed by atoms with Gasteiger partial charge in [0.15, 0.2) is 11.4 Å². The smallest absolute Gasteiger partial charge is 0.177 e. The number of nitrogens with zero attached hydrogens (tertiary/aromatic N) is 1. The Balaban J connectivity index is 3.90. The minimum Gasteiger partial charge on any atom is -0.550 e. The van der Waals surface area contributed by atoms with Gasteiger partial charge in [0.05, 0.1) is 27.2 Å². The molecule has 0 bridgehead atoms. The zero-order valence-corrected chi connectivity index (χ0v) is 20.0. The van der Waals surface area contributed by atoms with Crippen LogP contribution in [0.1, 0.15) is 103 Å². The maximum atomic E-state index is 12.5. The third kappa shape index (κ3) is 15.8. The monoisotopic (exact) mass is 429 g/mol. The molecule has 0 aliphatic rings. The van der Waals surface area contributed by atoms with Gasteiger partial charge < -0.3 is 24.6 Å². The van der Waals surface area contributed by atoms with Crippen LogP contribution in [0.4, 0.5) is 0 Å². The Morgan fingerprint density at radius 1 is 0.867 bits per heavy atom. The van der Waals surface area contributed by atoms with Gasteiger partial charge in [-0.05, 0) is 19.3 Å². The topological polar surface area (TPSA) is 97.7 Å². The SMILES string of the molecule is CCCCCCCC(O)CCCCCCCCC(=O)C(O)(CC(=O)[O-])C[N+](C)(C)C. The van der Waals surface area contributed by atoms with Gasteiger partial charge in [0.1, 0.15) is 6.54 Å². The number of aliphatic hydroxyl groups is 2. The van der Waals surface area contributed by atoms with Gasteiger partial charge in [-0.1, -0.05) is 71.1 Å². The molecule has 30 heavy (non-hydrogen) atoms. The average Bonchev–Trinajstić information content (AvgIpc) is 2.61. The van der Waals surface area contributed by atoms with Crippen molar-refractivity contribution in [2.24, 2.45) is 0 Å². The summed E-state index contributed by atoms with van der Waals surface area (Å²) in [6, 6.07) is 0. The number of carboxylic acids is 1. The minimum absolute atomic E-state index is 0.0563. The standard InChI is InChI=1S/C24H47NO5/c1-5-6-7-10-13-16-21(26)17-14-11-8-9-12-15-18-22(27)24(30,19-23(28)29)20-25(2,3)4/h21,26,30H,5-20H2,1-4H3. The van der Waals surface area contributed by atoms with E-state index < -0.39 is 23.8 Å². The normalized spacial score (nSPS) is 15.0. The van der Waals surface area contributed by atoms with Crippen molar-refractivity contribution in [2.45, 2.75) is 115 Å². The van der Waals surface area contributed by atoms with Crippen molar-refractivity contribution < 1.29 is 29.4 Å². The lowest BCUT2D eigenvalue weighted by Gasteiger charge is -2.34. The minimum atomic E-state index is -1.86. The van der Waals surface area contributed by atoms with E-state index in [1.165, 1.54) is 25.7 Å². The fraction of sp³-hybridized carbons (Fsp3) is 0.917. The van der Waals surface area contributed by atoms with Crippen LogP contribution in [-0.4, -0.2) is 65.8 Å². The quantitative estimate of drug-likeness (QED) is 0.229. The summed E-state index contributed by atoms with van der Waals surface area (Å²) in [6.07, 6.45) is 13.0. The molecule has 0 aromatic heterocycles. The van der Waals surface area contributed by atoms with Gasteiger partial charge in [-0.25, -0.2) is 0 Å². The van der Waals surface area contributed by atoms with Gasteiger partial charge in [0.25, 0.3) is 0 Å². The van der Waals surface area contributed by atoms with Crippen molar-refractivity contribution >= 4 is 11.8 Å². The highest BCUT2D eigenvalue weighted by Gasteiger charge is 2.40. The van der Waals surface area contributed by atoms with E-state index >= 15 is 0 Å². The van der Waals surface area contributed by atoms with Crippen LogP contribution in [0.2, 0.25) is 0 Å². The molecule has 0 radical (unpaired) electrons. The molecule has 178 valence electrons. The molecular weight excluding hydrogens is 382 g/mol. The number of rotatable bonds is 20. The third-order valence-corrected chi connectivity index (χ3v) is 5.52. The maximum Gasteiger partial charge on any atom is 0.177 e. The number of Topliss-reactive ketones (excluding diaryl/α,β-unsaturated/α-hetero) is 1. The molecule has 0 heterocycles. The summed E-state index contributed by atoms with van der Waals surface area (Å²) in [7, 11) is 5.45. The molecule has 0 saturated carbocycles. The van der Waals surface area contributed by atoms with Crippen molar-refractivity contribution in [2.75, 3.05) is 27.7 Å². The zero-order valence-electron chi connectivity index (χ0n) is 20.0. The Bertz CT molecular complexity index is 475. The molecule has 6 nitrogen and oxygen atoms in total. The predicted molar refractivity (Wildman–Crippen MR) is 119 cm³/mol. The van der Waals surface area contributed by atoms with E-state index in [2.05, 4.69) is 6.92 Å². The Morgan fingerprint density at radius 2 is 1.33 bits per heavy atom. The second-order valence-corrected chi connectivity index (χ2v) is 9.97. The first kappa shape index (κ1) is 29.0. The second kappa shape index (κ2) is 15.8. The van der Waals surface area contributed by atoms with E-state index in [0.29, 0.717) is 10.9 Å². The number of ketones is 1. The highest BCUT2D eigenvalue weighted by molar-refractivity contribution is 5.90. The first-order valence-electron chi connectivity index (χ1n) is 11.9. The zero-order chi connectivity index (χ0) is 23.0. The molecule has 6 heteroatoms. The summed E-state index contributed by atoms with van der Waals surface area (Å²) in [5.41, 5.74) is -1.86. The molecule has 2 atom stereocenters. The van der Waals surface area contributed by atoms with Crippen LogP contribution in [0.15, 0.2) is 0 Å². The van der Waals surface area contributed by atoms with Crippen molar-refractivity contribution in [3.8, 4) is 0 Å². The average molecular weight is 430 g/mol. The molecule has 0 spiro atoms. The molecule has 0 fully saturated rings. The molecule has 2 unspecified atom stereocenters. The second-order valence-electron chi connectivity index (χ2n) is 9.97. The van der Waals surface area contributed by atoms with E-state index in [1.54, 1.807) is 0 Å². The van der Waals surface area contributed by atoms with Crippen LogP contribution in [-0.2, 0) is 9.59 Å². The van der Waals surface area contributed by atoms with Crippen LogP contribution in [0.3, 0.4) is 0 Å². The van der Waals surface area contributed by atoms with E-state index in [4.69, 9.17) is 0 Å². The number of hydrogen-bond acceptors (Lipinski definition) is 5. The number of aliphatic carboxylic acids is 1. The third-order valence-electron chi connectivity index (χ3n) is 5.52. The number of quaternary nitrogens is 1. The summed E-state index contributed by atoms with van der Waals surface area (Å²) in [4.78, 5) is 23.4. The van der Waals surface area contributed by atoms with Crippen molar-refractivity contribution in [3.63, 3.8) is 0 Å². The van der Waals surface area contributed by atoms with Crippen molar-refractivity contribution in [1.82, 2.24) is 0 Å². The lowest BCUT2D eigenvalue weighted by molar-refractivity contribution is -0.875. The van der Waals surface area contributed by atoms with Gasteiger partial charge in [-0.2, -0.15) is 0 Å². The maximum absolute atomic E-state index is 12.5. The number of likely N-dealkylation sites (N-methyl/N-ethyl adjacent to an activating group) is 1. The lowest BCUT2D eigenvalue weighted by Crippen LogP contribution is -2.56. The molecule has 0 amide bonds. The Kier molecular flexibility index (Phi) is 15.3. The van der Waals surface area contributed by atoms with E-state index in [1.807, 2.05) is 21.1 Å². The molecular formula is C24H47NO5. The van der Waals surface area contributed by atoms with Crippen LogP contribution in [0.25, 0.3) is 0 Å². The highest BCUT2D eigenvalue weighted by Crippen LogP contribution is 2.20. The largest absolute Gasteiger partial charge is 0.550 e. The molecule has 2 N–H and O–H groups in total. The Morgan fingerprint density at radius 3 is 1.80 bits per heavy atom. The van der Waals surface area contributed by atoms with Crippen LogP contribution in [0, 0.1) is 0 Å². The first-order valence-corrected chi connectivity index (χ1v) is 11.9. The number of unbranched alkanes of at least 4 members (excludes halogenated alkanes) is 9. The van der Waals surface area contributed by atoms with Gasteiger partial charge >= 0.3 is 0 Å². The summed E-state index contributed by atoms with van der Waals surface area (Å²) in [5.74, 6) is -1.80. The molecule has 0 aromatic rings. The predicted octanol–water partition coefficient (Wildman–Crippen LogP) is 2.98. The number of carboxylic acid groups (broad SMARTS) is 1. The summed E-state index contributed by atoms with van der Waals surface area (Å²) in [6.45, 7) is 2.26. The number of carbonyl (C=O) groups excluding carboxylic acids is 2. The van der Waals surface area contributed by atoms with E-state index in [0.717, 1.165) is 51.4 Å². The lowest BCUT2D eigenvalue weighted by atomic mass is 9.89. The van der Waals surface area contributed by atoms with Crippen LogP contribution < -0.4 is 5.11 Å². The summed E-state index contributed by atoms with van der Waals surface area (Å²) >= 11 is 0. The van der Waals surface area contributed by atoms with Gasteiger partial charge in [0.2, 0.25) is 0 Å². The fourth-order valence-corrected chi connectivity index (χ4v) is 4.00. The molecule has 0 rings (SSSR count). The van der Waals surface area contributed by atoms with Crippen molar-refractivity contribution in [3.05, 3.63) is 0 Å². The number of carbonyl (C=O) groups is 2. The van der Waals surface area contributed by atoms with Crippen molar-refractivity contribution in [1.29, 1.82) is 0 Å².